The van der Waals surface area contributed by atoms with Gasteiger partial charge in [-0.15, -0.1) is 0 Å². The van der Waals surface area contributed by atoms with Crippen LogP contribution >= 0.6 is 0 Å². The van der Waals surface area contributed by atoms with Crippen LogP contribution in [0.4, 0.5) is 5.95 Å². The van der Waals surface area contributed by atoms with Gasteiger partial charge in [0.25, 0.3) is 10.0 Å². The van der Waals surface area contributed by atoms with Gasteiger partial charge in [0.05, 0.1) is 28.0 Å². The molecule has 13 heteroatoms. The topological polar surface area (TPSA) is 169 Å². The lowest BCUT2D eigenvalue weighted by Gasteiger charge is -2.30. The van der Waals surface area contributed by atoms with Gasteiger partial charge in [-0.05, 0) is 68.4 Å². The highest BCUT2D eigenvalue weighted by Gasteiger charge is 2.28. The maximum absolute atomic E-state index is 13.4. The Kier molecular flexibility index (Phi) is 9.03. The molecule has 254 valence electrons. The molecule has 12 nitrogen and oxygen atoms in total. The van der Waals surface area contributed by atoms with Crippen molar-refractivity contribution < 1.29 is 27.5 Å². The molecular formula is C36H38N6O6S. The van der Waals surface area contributed by atoms with Crippen LogP contribution in [0, 0.1) is 19.8 Å². The van der Waals surface area contributed by atoms with Gasteiger partial charge >= 0.3 is 5.97 Å². The maximum atomic E-state index is 13.4. The van der Waals surface area contributed by atoms with Crippen molar-refractivity contribution >= 4 is 33.2 Å². The number of carbonyl (C=O) groups is 1. The van der Waals surface area contributed by atoms with Crippen LogP contribution in [0.1, 0.15) is 77.4 Å². The summed E-state index contributed by atoms with van der Waals surface area (Å²) in [4.78, 5) is 29.6. The van der Waals surface area contributed by atoms with Crippen molar-refractivity contribution in [2.75, 3.05) is 11.3 Å². The third kappa shape index (κ3) is 7.57. The van der Waals surface area contributed by atoms with Gasteiger partial charge < -0.3 is 19.6 Å². The number of carboxylic acids is 1. The number of rotatable bonds is 14. The molecule has 3 heterocycles. The molecule has 2 saturated carbocycles. The van der Waals surface area contributed by atoms with E-state index in [1.807, 2.05) is 38.1 Å². The van der Waals surface area contributed by atoms with Crippen LogP contribution in [-0.2, 0) is 16.6 Å². The zero-order chi connectivity index (χ0) is 34.1. The number of anilines is 1. The predicted octanol–water partition coefficient (Wildman–Crippen LogP) is 6.40. The molecule has 1 unspecified atom stereocenters. The first-order valence-corrected chi connectivity index (χ1v) is 18.0. The summed E-state index contributed by atoms with van der Waals surface area (Å²) in [6.07, 6.45) is 8.48. The second-order valence-corrected chi connectivity index (χ2v) is 14.7. The first-order chi connectivity index (χ1) is 23.6. The van der Waals surface area contributed by atoms with Gasteiger partial charge in [-0.3, -0.25) is 0 Å². The first kappa shape index (κ1) is 32.7. The molecule has 5 aromatic rings. The van der Waals surface area contributed by atoms with Crippen molar-refractivity contribution in [2.45, 2.75) is 75.8 Å². The molecule has 1 atom stereocenters. The Labute approximate surface area is 284 Å². The van der Waals surface area contributed by atoms with E-state index in [1.54, 1.807) is 12.3 Å². The molecule has 49 heavy (non-hydrogen) atoms. The molecule has 2 aliphatic carbocycles. The van der Waals surface area contributed by atoms with Crippen molar-refractivity contribution in [3.8, 4) is 17.1 Å². The molecule has 3 N–H and O–H groups in total. The van der Waals surface area contributed by atoms with E-state index in [-0.39, 0.29) is 34.9 Å². The van der Waals surface area contributed by atoms with E-state index in [4.69, 9.17) is 14.1 Å². The fourth-order valence-corrected chi connectivity index (χ4v) is 7.17. The Morgan fingerprint density at radius 1 is 1.02 bits per heavy atom. The number of hydrogen-bond acceptors (Lipinski definition) is 10. The summed E-state index contributed by atoms with van der Waals surface area (Å²) in [6.45, 7) is 4.69. The fraction of sp³-hybridized carbons (Fsp3) is 0.361. The maximum Gasteiger partial charge on any atom is 0.335 e. The van der Waals surface area contributed by atoms with E-state index in [2.05, 4.69) is 25.0 Å². The van der Waals surface area contributed by atoms with Gasteiger partial charge in [0.1, 0.15) is 17.9 Å². The van der Waals surface area contributed by atoms with Crippen LogP contribution in [0.25, 0.3) is 22.5 Å². The summed E-state index contributed by atoms with van der Waals surface area (Å²) in [5.41, 5.74) is 5.22. The van der Waals surface area contributed by atoms with Gasteiger partial charge in [-0.2, -0.15) is 4.98 Å². The Morgan fingerprint density at radius 2 is 1.80 bits per heavy atom. The number of aromatic nitrogens is 4. The Hall–Kier alpha value is -4.88. The molecule has 0 radical (unpaired) electrons. The van der Waals surface area contributed by atoms with Crippen LogP contribution in [0.15, 0.2) is 70.1 Å². The number of carboxylic acid groups (broad SMARTS) is 1. The Balaban J connectivity index is 1.13. The van der Waals surface area contributed by atoms with Gasteiger partial charge in [-0.25, -0.2) is 32.9 Å². The average Bonchev–Trinajstić information content (AvgIpc) is 3.82. The molecule has 0 saturated heterocycles. The summed E-state index contributed by atoms with van der Waals surface area (Å²) < 4.78 is 41.4. The lowest BCUT2D eigenvalue weighted by Crippen LogP contribution is -2.37. The number of sulfonamides is 1. The highest BCUT2D eigenvalue weighted by Crippen LogP contribution is 2.41. The monoisotopic (exact) mass is 682 g/mol. The summed E-state index contributed by atoms with van der Waals surface area (Å²) >= 11 is 0. The van der Waals surface area contributed by atoms with E-state index in [1.165, 1.54) is 37.5 Å². The minimum atomic E-state index is -4.23. The molecule has 2 aromatic carbocycles. The van der Waals surface area contributed by atoms with Crippen molar-refractivity contribution in [1.29, 1.82) is 0 Å². The second-order valence-electron chi connectivity index (χ2n) is 13.0. The van der Waals surface area contributed by atoms with Crippen molar-refractivity contribution in [1.82, 2.24) is 25.3 Å². The van der Waals surface area contributed by atoms with E-state index in [9.17, 15) is 18.3 Å². The van der Waals surface area contributed by atoms with E-state index in [0.717, 1.165) is 59.0 Å². The zero-order valence-electron chi connectivity index (χ0n) is 27.3. The predicted molar refractivity (Wildman–Crippen MR) is 183 cm³/mol. The number of hydrogen-bond donors (Lipinski definition) is 3. The van der Waals surface area contributed by atoms with E-state index < -0.39 is 16.0 Å². The molecule has 0 aliphatic heterocycles. The minimum absolute atomic E-state index is 0.0355. The molecule has 3 aromatic heterocycles. The number of benzene rings is 2. The molecule has 7 rings (SSSR count). The average molecular weight is 683 g/mol. The summed E-state index contributed by atoms with van der Waals surface area (Å²) in [7, 11) is -4.23. The quantitative estimate of drug-likeness (QED) is 0.118. The number of aromatic carboxylic acids is 1. The number of nitrogens with zero attached hydrogens (tertiary/aromatic N) is 4. The number of nitrogens with one attached hydrogen (secondary N) is 2. The highest BCUT2D eigenvalue weighted by atomic mass is 32.2. The minimum Gasteiger partial charge on any atom is -0.478 e. The highest BCUT2D eigenvalue weighted by molar-refractivity contribution is 7.92. The largest absolute Gasteiger partial charge is 0.478 e. The number of aryl methyl sites for hydroxylation is 2. The third-order valence-corrected chi connectivity index (χ3v) is 10.5. The fourth-order valence-electron chi connectivity index (χ4n) is 6.18. The Morgan fingerprint density at radius 3 is 2.51 bits per heavy atom. The first-order valence-electron chi connectivity index (χ1n) is 16.5. The standard InChI is InChI=1S/C36H38N6O6S/c1-21-6-3-7-22(2)33(21)29-17-32(41-36(40-29)42-49(45,46)28-11-5-10-25(15-28)35(43)44)47-20-26(14-23-8-4-9-23)37-18-27-19-38-34-30(39-27)16-31(48-34)24-12-13-24/h3,5-7,10-11,15-17,19,23-24,26,37H,4,8-9,12-14,18,20H2,1-2H3,(H,43,44)(H,40,41,42). The van der Waals surface area contributed by atoms with Crippen LogP contribution in [0.2, 0.25) is 0 Å². The molecular weight excluding hydrogens is 644 g/mol. The van der Waals surface area contributed by atoms with Crippen LogP contribution in [0.3, 0.4) is 0 Å². The lowest BCUT2D eigenvalue weighted by atomic mass is 9.81. The second kappa shape index (κ2) is 13.6. The number of ether oxygens (including phenoxy) is 1. The molecule has 0 bridgehead atoms. The van der Waals surface area contributed by atoms with Crippen LogP contribution < -0.4 is 14.8 Å². The smallest absolute Gasteiger partial charge is 0.335 e. The zero-order valence-corrected chi connectivity index (χ0v) is 28.2. The van der Waals surface area contributed by atoms with Gasteiger partial charge in [0.15, 0.2) is 0 Å². The van der Waals surface area contributed by atoms with Crippen molar-refractivity contribution in [2.24, 2.45) is 5.92 Å². The SMILES string of the molecule is Cc1cccc(C)c1-c1cc(OCC(CC2CCC2)NCc2cnc3oc(C4CC4)cc3n2)nc(NS(=O)(=O)c2cccc(C(=O)O)c2)n1. The summed E-state index contributed by atoms with van der Waals surface area (Å²) in [6, 6.07) is 14.7. The Bertz CT molecular complexity index is 2110. The van der Waals surface area contributed by atoms with Gasteiger partial charge in [-0.1, -0.05) is 43.5 Å². The van der Waals surface area contributed by atoms with Crippen LogP contribution in [0.5, 0.6) is 5.88 Å². The normalized spacial score (nSPS) is 15.6. The number of furan rings is 1. The van der Waals surface area contributed by atoms with Gasteiger partial charge in [0, 0.05) is 36.2 Å². The van der Waals surface area contributed by atoms with Crippen molar-refractivity contribution in [3.05, 3.63) is 88.9 Å². The summed E-state index contributed by atoms with van der Waals surface area (Å²) in [5, 5.41) is 13.0. The molecule has 2 aliphatic rings. The van der Waals surface area contributed by atoms with E-state index in [0.29, 0.717) is 29.8 Å². The number of fused-ring (bicyclic) bond motifs is 1. The lowest BCUT2D eigenvalue weighted by molar-refractivity contribution is 0.0696. The van der Waals surface area contributed by atoms with E-state index >= 15 is 0 Å². The molecule has 2 fully saturated rings. The van der Waals surface area contributed by atoms with Crippen LogP contribution in [-0.4, -0.2) is 52.1 Å². The summed E-state index contributed by atoms with van der Waals surface area (Å²) in [5.74, 6) is 0.812. The van der Waals surface area contributed by atoms with Crippen molar-refractivity contribution in [3.63, 3.8) is 0 Å². The van der Waals surface area contributed by atoms with Gasteiger partial charge in [0.2, 0.25) is 17.5 Å². The molecule has 0 spiro atoms. The molecule has 0 amide bonds. The third-order valence-electron chi connectivity index (χ3n) is 9.19.